The summed E-state index contributed by atoms with van der Waals surface area (Å²) in [6.07, 6.45) is 0.904. The predicted octanol–water partition coefficient (Wildman–Crippen LogP) is 5.17. The second-order valence-electron chi connectivity index (χ2n) is 8.73. The fourth-order valence-corrected chi connectivity index (χ4v) is 4.88. The van der Waals surface area contributed by atoms with E-state index in [0.717, 1.165) is 16.9 Å². The summed E-state index contributed by atoms with van der Waals surface area (Å²) < 4.78 is 37.4. The molecule has 2 N–H and O–H groups in total. The van der Waals surface area contributed by atoms with Crippen molar-refractivity contribution in [3.8, 4) is 5.69 Å². The van der Waals surface area contributed by atoms with E-state index in [1.807, 2.05) is 24.5 Å². The monoisotopic (exact) mass is 439 g/mol. The normalized spacial score (nSPS) is 18.9. The van der Waals surface area contributed by atoms with Gasteiger partial charge in [-0.2, -0.15) is 5.10 Å². The van der Waals surface area contributed by atoms with Crippen LogP contribution in [0.15, 0.2) is 30.5 Å². The van der Waals surface area contributed by atoms with Crippen LogP contribution in [0, 0.1) is 18.6 Å². The van der Waals surface area contributed by atoms with Gasteiger partial charge in [-0.15, -0.1) is 0 Å². The number of benzene rings is 2. The van der Waals surface area contributed by atoms with Crippen LogP contribution in [0.25, 0.3) is 27.5 Å². The molecule has 1 saturated heterocycles. The first kappa shape index (κ1) is 20.6. The van der Waals surface area contributed by atoms with Gasteiger partial charge in [-0.25, -0.2) is 13.6 Å². The third-order valence-corrected chi connectivity index (χ3v) is 6.31. The van der Waals surface area contributed by atoms with Gasteiger partial charge in [-0.05, 0) is 54.7 Å². The zero-order chi connectivity index (χ0) is 22.7. The van der Waals surface area contributed by atoms with Crippen molar-refractivity contribution in [3.05, 3.63) is 58.9 Å². The van der Waals surface area contributed by atoms with Crippen molar-refractivity contribution < 1.29 is 23.4 Å². The van der Waals surface area contributed by atoms with E-state index < -0.39 is 17.9 Å². The van der Waals surface area contributed by atoms with Crippen molar-refractivity contribution in [1.82, 2.24) is 14.8 Å². The number of fused-ring (bicyclic) bond motifs is 2. The van der Waals surface area contributed by atoms with Gasteiger partial charge in [0.2, 0.25) is 0 Å². The molecule has 2 aromatic heterocycles. The number of carbonyl (C=O) groups is 1. The van der Waals surface area contributed by atoms with Gasteiger partial charge >= 0.3 is 5.97 Å². The highest BCUT2D eigenvalue weighted by molar-refractivity contribution is 6.00. The molecule has 1 aliphatic heterocycles. The van der Waals surface area contributed by atoms with E-state index in [1.165, 1.54) is 6.07 Å². The van der Waals surface area contributed by atoms with Crippen LogP contribution in [0.3, 0.4) is 0 Å². The Morgan fingerprint density at radius 2 is 2.09 bits per heavy atom. The summed E-state index contributed by atoms with van der Waals surface area (Å²) in [5, 5.41) is 17.2. The van der Waals surface area contributed by atoms with Gasteiger partial charge < -0.3 is 14.4 Å². The molecule has 8 heteroatoms. The largest absolute Gasteiger partial charge is 0.479 e. The minimum Gasteiger partial charge on any atom is -0.479 e. The van der Waals surface area contributed by atoms with Gasteiger partial charge in [0.1, 0.15) is 11.3 Å². The fourth-order valence-electron chi connectivity index (χ4n) is 4.88. The lowest BCUT2D eigenvalue weighted by molar-refractivity contribution is -0.147. The Balaban J connectivity index is 1.88. The van der Waals surface area contributed by atoms with Crippen LogP contribution in [0.4, 0.5) is 8.78 Å². The van der Waals surface area contributed by atoms with E-state index in [0.29, 0.717) is 27.4 Å². The smallest absolute Gasteiger partial charge is 0.332 e. The first-order chi connectivity index (χ1) is 15.3. The highest BCUT2D eigenvalue weighted by Crippen LogP contribution is 2.44. The second-order valence-corrected chi connectivity index (χ2v) is 8.73. The van der Waals surface area contributed by atoms with Crippen LogP contribution in [-0.4, -0.2) is 38.6 Å². The lowest BCUT2D eigenvalue weighted by Gasteiger charge is -2.18. The highest BCUT2D eigenvalue weighted by atomic mass is 19.1. The SMILES string of the molecule is Cc1cc(-n2c(C(C)C)c([C@H]3CO[C@H](C(=O)O)C3)c3c(F)c4[nH]ncc4cc32)ccc1F. The Morgan fingerprint density at radius 1 is 1.31 bits per heavy atom. The number of aliphatic carboxylic acids is 1. The molecule has 0 saturated carbocycles. The first-order valence-electron chi connectivity index (χ1n) is 10.6. The van der Waals surface area contributed by atoms with Crippen LogP contribution in [0.1, 0.15) is 48.9 Å². The van der Waals surface area contributed by atoms with Crippen LogP contribution in [0.2, 0.25) is 0 Å². The minimum atomic E-state index is -1.02. The van der Waals surface area contributed by atoms with Crippen molar-refractivity contribution in [1.29, 1.82) is 0 Å². The molecule has 0 radical (unpaired) electrons. The van der Waals surface area contributed by atoms with Crippen LogP contribution in [-0.2, 0) is 9.53 Å². The molecule has 0 spiro atoms. The van der Waals surface area contributed by atoms with Crippen LogP contribution < -0.4 is 0 Å². The van der Waals surface area contributed by atoms with Crippen molar-refractivity contribution in [2.75, 3.05) is 6.61 Å². The molecule has 5 rings (SSSR count). The average molecular weight is 439 g/mol. The topological polar surface area (TPSA) is 80.1 Å². The number of rotatable bonds is 4. The first-order valence-corrected chi connectivity index (χ1v) is 10.6. The molecule has 1 aliphatic rings. The summed E-state index contributed by atoms with van der Waals surface area (Å²) in [6, 6.07) is 6.70. The number of hydrogen-bond acceptors (Lipinski definition) is 3. The molecule has 32 heavy (non-hydrogen) atoms. The molecule has 0 amide bonds. The number of ether oxygens (including phenoxy) is 1. The summed E-state index contributed by atoms with van der Waals surface area (Å²) >= 11 is 0. The minimum absolute atomic E-state index is 0.0116. The van der Waals surface area contributed by atoms with Gasteiger partial charge in [-0.1, -0.05) is 13.8 Å². The molecular weight excluding hydrogens is 416 g/mol. The maximum atomic E-state index is 15.9. The Hall–Kier alpha value is -3.26. The van der Waals surface area contributed by atoms with E-state index in [9.17, 15) is 14.3 Å². The summed E-state index contributed by atoms with van der Waals surface area (Å²) in [7, 11) is 0. The summed E-state index contributed by atoms with van der Waals surface area (Å²) in [6.45, 7) is 5.91. The zero-order valence-corrected chi connectivity index (χ0v) is 17.9. The summed E-state index contributed by atoms with van der Waals surface area (Å²) in [5.41, 5.74) is 3.76. The maximum Gasteiger partial charge on any atom is 0.332 e. The van der Waals surface area contributed by atoms with E-state index in [2.05, 4.69) is 10.2 Å². The van der Waals surface area contributed by atoms with Gasteiger partial charge in [0.25, 0.3) is 0 Å². The molecule has 6 nitrogen and oxygen atoms in total. The van der Waals surface area contributed by atoms with Gasteiger partial charge in [0.15, 0.2) is 11.9 Å². The number of aromatic nitrogens is 3. The molecule has 2 atom stereocenters. The van der Waals surface area contributed by atoms with E-state index in [4.69, 9.17) is 4.74 Å². The van der Waals surface area contributed by atoms with E-state index in [1.54, 1.807) is 25.3 Å². The number of H-pyrrole nitrogens is 1. The van der Waals surface area contributed by atoms with Crippen LogP contribution in [0.5, 0.6) is 0 Å². The van der Waals surface area contributed by atoms with Gasteiger partial charge in [-0.3, -0.25) is 5.10 Å². The van der Waals surface area contributed by atoms with Crippen LogP contribution >= 0.6 is 0 Å². The number of carboxylic acid groups (broad SMARTS) is 1. The highest BCUT2D eigenvalue weighted by Gasteiger charge is 2.37. The Morgan fingerprint density at radius 3 is 2.75 bits per heavy atom. The number of nitrogens with zero attached hydrogens (tertiary/aromatic N) is 2. The quantitative estimate of drug-likeness (QED) is 0.460. The van der Waals surface area contributed by atoms with Crippen molar-refractivity contribution in [3.63, 3.8) is 0 Å². The standard InChI is InChI=1S/C24H23F2N3O3/c1-11(2)23-19(14-8-18(24(30)31)32-10-14)20-17(7-13-9-27-28-22(13)21(20)26)29(23)15-4-5-16(25)12(3)6-15/h4-7,9,11,14,18H,8,10H2,1-3H3,(H,27,28)(H,30,31)/t14-,18+/m1/s1. The molecular formula is C24H23F2N3O3. The molecule has 1 fully saturated rings. The molecule has 0 aliphatic carbocycles. The molecule has 0 bridgehead atoms. The molecule has 3 heterocycles. The summed E-state index contributed by atoms with van der Waals surface area (Å²) in [4.78, 5) is 11.5. The van der Waals surface area contributed by atoms with Crippen molar-refractivity contribution in [2.24, 2.45) is 0 Å². The Bertz CT molecular complexity index is 1370. The zero-order valence-electron chi connectivity index (χ0n) is 17.9. The molecule has 166 valence electrons. The maximum absolute atomic E-state index is 15.9. The number of hydrogen-bond donors (Lipinski definition) is 2. The summed E-state index contributed by atoms with van der Waals surface area (Å²) in [5.74, 6) is -2.05. The number of carboxylic acids is 1. The second kappa shape index (κ2) is 7.41. The van der Waals surface area contributed by atoms with Gasteiger partial charge in [0, 0.05) is 28.1 Å². The molecule has 2 aromatic carbocycles. The predicted molar refractivity (Wildman–Crippen MR) is 116 cm³/mol. The number of aryl methyl sites for hydroxylation is 1. The van der Waals surface area contributed by atoms with Crippen molar-refractivity contribution in [2.45, 2.75) is 45.1 Å². The van der Waals surface area contributed by atoms with Crippen molar-refractivity contribution >= 4 is 27.8 Å². The average Bonchev–Trinajstić information content (AvgIpc) is 3.46. The molecule has 4 aromatic rings. The lowest BCUT2D eigenvalue weighted by atomic mass is 9.89. The Kier molecular flexibility index (Phi) is 4.78. The Labute approximate surface area is 182 Å². The number of aromatic amines is 1. The number of halogens is 2. The third kappa shape index (κ3) is 3.01. The molecule has 0 unspecified atom stereocenters. The van der Waals surface area contributed by atoms with E-state index >= 15 is 4.39 Å². The van der Waals surface area contributed by atoms with E-state index in [-0.39, 0.29) is 30.7 Å². The lowest BCUT2D eigenvalue weighted by Crippen LogP contribution is -2.18. The number of nitrogens with one attached hydrogen (secondary N) is 1. The van der Waals surface area contributed by atoms with Gasteiger partial charge in [0.05, 0.1) is 18.3 Å². The fraction of sp³-hybridized carbons (Fsp3) is 0.333. The third-order valence-electron chi connectivity index (χ3n) is 6.31.